The number of pyridine rings is 1. The van der Waals surface area contributed by atoms with E-state index >= 15 is 0 Å². The predicted octanol–water partition coefficient (Wildman–Crippen LogP) is 3.06. The van der Waals surface area contributed by atoms with E-state index in [0.717, 1.165) is 16.7 Å². The highest BCUT2D eigenvalue weighted by Gasteiger charge is 2.00. The molecule has 0 spiro atoms. The molecule has 1 aromatic heterocycles. The van der Waals surface area contributed by atoms with Gasteiger partial charge < -0.3 is 10.1 Å². The Morgan fingerprint density at radius 2 is 2.09 bits per heavy atom. The highest BCUT2D eigenvalue weighted by atomic mass is 16.5. The second-order valence-corrected chi connectivity index (χ2v) is 4.73. The molecule has 0 aliphatic rings. The molecule has 2 rings (SSSR count). The Morgan fingerprint density at radius 1 is 1.27 bits per heavy atom. The highest BCUT2D eigenvalue weighted by Crippen LogP contribution is 2.02. The standard InChI is InChI=1S/C18H18N2O2/c1-15-10-12-19-13-17(15)9-5-6-11-20-18(21)22-14-16-7-3-2-4-8-16/h2-4,7-8,10,12-13H,6,11,14H2,1H3,(H,20,21). The molecule has 0 saturated carbocycles. The molecule has 1 heterocycles. The first-order chi connectivity index (χ1) is 10.8. The van der Waals surface area contributed by atoms with Crippen molar-refractivity contribution in [3.63, 3.8) is 0 Å². The Balaban J connectivity index is 1.67. The van der Waals surface area contributed by atoms with Crippen molar-refractivity contribution >= 4 is 6.09 Å². The van der Waals surface area contributed by atoms with Crippen molar-refractivity contribution in [3.05, 3.63) is 65.5 Å². The summed E-state index contributed by atoms with van der Waals surface area (Å²) in [4.78, 5) is 15.5. The summed E-state index contributed by atoms with van der Waals surface area (Å²) in [5, 5.41) is 2.67. The van der Waals surface area contributed by atoms with Crippen molar-refractivity contribution in [3.8, 4) is 11.8 Å². The zero-order valence-corrected chi connectivity index (χ0v) is 12.5. The summed E-state index contributed by atoms with van der Waals surface area (Å²) in [6.07, 6.45) is 3.62. The Bertz CT molecular complexity index is 672. The van der Waals surface area contributed by atoms with E-state index in [1.54, 1.807) is 12.4 Å². The van der Waals surface area contributed by atoms with Gasteiger partial charge in [0.2, 0.25) is 0 Å². The van der Waals surface area contributed by atoms with E-state index in [2.05, 4.69) is 22.1 Å². The van der Waals surface area contributed by atoms with Gasteiger partial charge in [0.1, 0.15) is 6.61 Å². The lowest BCUT2D eigenvalue weighted by molar-refractivity contribution is 0.140. The van der Waals surface area contributed by atoms with E-state index < -0.39 is 6.09 Å². The SMILES string of the molecule is Cc1ccncc1C#CCCNC(=O)OCc1ccccc1. The third kappa shape index (κ3) is 5.29. The molecule has 0 aliphatic heterocycles. The number of hydrogen-bond acceptors (Lipinski definition) is 3. The highest BCUT2D eigenvalue weighted by molar-refractivity contribution is 5.67. The van der Waals surface area contributed by atoms with Gasteiger partial charge in [0.05, 0.1) is 0 Å². The summed E-state index contributed by atoms with van der Waals surface area (Å²) in [5.41, 5.74) is 2.97. The molecule has 2 aromatic rings. The molecule has 1 amide bonds. The van der Waals surface area contributed by atoms with Gasteiger partial charge in [-0.15, -0.1) is 0 Å². The number of alkyl carbamates (subject to hydrolysis) is 1. The molecule has 0 aliphatic carbocycles. The van der Waals surface area contributed by atoms with Crippen molar-refractivity contribution in [1.82, 2.24) is 10.3 Å². The second-order valence-electron chi connectivity index (χ2n) is 4.73. The third-order valence-electron chi connectivity index (χ3n) is 2.99. The smallest absolute Gasteiger partial charge is 0.407 e. The minimum atomic E-state index is -0.428. The number of amides is 1. The Kier molecular flexibility index (Phi) is 6.01. The average molecular weight is 294 g/mol. The molecule has 112 valence electrons. The second kappa shape index (κ2) is 8.48. The molecule has 1 aromatic carbocycles. The Hall–Kier alpha value is -2.80. The topological polar surface area (TPSA) is 51.2 Å². The van der Waals surface area contributed by atoms with E-state index in [9.17, 15) is 4.79 Å². The Morgan fingerprint density at radius 3 is 2.86 bits per heavy atom. The minimum Gasteiger partial charge on any atom is -0.445 e. The number of ether oxygens (including phenoxy) is 1. The van der Waals surface area contributed by atoms with Crippen LogP contribution in [-0.2, 0) is 11.3 Å². The number of aryl methyl sites for hydroxylation is 1. The number of hydrogen-bond donors (Lipinski definition) is 1. The van der Waals surface area contributed by atoms with Crippen LogP contribution in [-0.4, -0.2) is 17.6 Å². The summed E-state index contributed by atoms with van der Waals surface area (Å²) in [6.45, 7) is 2.72. The van der Waals surface area contributed by atoms with Gasteiger partial charge >= 0.3 is 6.09 Å². The molecule has 0 unspecified atom stereocenters. The van der Waals surface area contributed by atoms with Gasteiger partial charge in [0, 0.05) is 30.9 Å². The zero-order valence-electron chi connectivity index (χ0n) is 12.5. The molecular formula is C18H18N2O2. The van der Waals surface area contributed by atoms with Crippen molar-refractivity contribution in [1.29, 1.82) is 0 Å². The van der Waals surface area contributed by atoms with Crippen molar-refractivity contribution in [2.75, 3.05) is 6.54 Å². The van der Waals surface area contributed by atoms with Crippen LogP contribution >= 0.6 is 0 Å². The van der Waals surface area contributed by atoms with Crippen LogP contribution in [0.1, 0.15) is 23.1 Å². The van der Waals surface area contributed by atoms with Crippen molar-refractivity contribution < 1.29 is 9.53 Å². The van der Waals surface area contributed by atoms with Gasteiger partial charge in [0.15, 0.2) is 0 Å². The number of carbonyl (C=O) groups excluding carboxylic acids is 1. The normalized spacial score (nSPS) is 9.50. The zero-order chi connectivity index (χ0) is 15.6. The average Bonchev–Trinajstić information content (AvgIpc) is 2.55. The van der Waals surface area contributed by atoms with Crippen molar-refractivity contribution in [2.24, 2.45) is 0 Å². The first kappa shape index (κ1) is 15.6. The number of carbonyl (C=O) groups is 1. The summed E-state index contributed by atoms with van der Waals surface area (Å²) < 4.78 is 5.10. The van der Waals surface area contributed by atoms with Gasteiger partial charge in [-0.3, -0.25) is 4.98 Å². The molecule has 4 nitrogen and oxygen atoms in total. The molecule has 0 atom stereocenters. The fourth-order valence-electron chi connectivity index (χ4n) is 1.75. The summed E-state index contributed by atoms with van der Waals surface area (Å²) in [7, 11) is 0. The van der Waals surface area contributed by atoms with Crippen molar-refractivity contribution in [2.45, 2.75) is 20.0 Å². The first-order valence-corrected chi connectivity index (χ1v) is 7.10. The molecule has 1 N–H and O–H groups in total. The molecule has 4 heteroatoms. The maximum absolute atomic E-state index is 11.5. The Labute approximate surface area is 130 Å². The van der Waals surface area contributed by atoms with Gasteiger partial charge in [0.25, 0.3) is 0 Å². The quantitative estimate of drug-likeness (QED) is 0.696. The fourth-order valence-corrected chi connectivity index (χ4v) is 1.75. The van der Waals surface area contributed by atoms with Gasteiger partial charge in [-0.2, -0.15) is 0 Å². The van der Waals surface area contributed by atoms with E-state index in [0.29, 0.717) is 13.0 Å². The number of nitrogens with one attached hydrogen (secondary N) is 1. The number of nitrogens with zero attached hydrogens (tertiary/aromatic N) is 1. The van der Waals surface area contributed by atoms with Crippen LogP contribution in [0.3, 0.4) is 0 Å². The molecule has 0 radical (unpaired) electrons. The molecule has 0 bridgehead atoms. The van der Waals surface area contributed by atoms with Crippen LogP contribution in [0.5, 0.6) is 0 Å². The lowest BCUT2D eigenvalue weighted by atomic mass is 10.2. The molecule has 0 saturated heterocycles. The minimum absolute atomic E-state index is 0.271. The monoisotopic (exact) mass is 294 g/mol. The molecule has 22 heavy (non-hydrogen) atoms. The van der Waals surface area contributed by atoms with Gasteiger partial charge in [-0.25, -0.2) is 4.79 Å². The van der Waals surface area contributed by atoms with Crippen LogP contribution in [0.25, 0.3) is 0 Å². The summed E-state index contributed by atoms with van der Waals surface area (Å²) in [6, 6.07) is 11.5. The summed E-state index contributed by atoms with van der Waals surface area (Å²) in [5.74, 6) is 6.05. The van der Waals surface area contributed by atoms with Crippen LogP contribution in [0.15, 0.2) is 48.8 Å². The lowest BCUT2D eigenvalue weighted by Gasteiger charge is -2.05. The third-order valence-corrected chi connectivity index (χ3v) is 2.99. The van der Waals surface area contributed by atoms with Crippen LogP contribution in [0.2, 0.25) is 0 Å². The van der Waals surface area contributed by atoms with Gasteiger partial charge in [-0.05, 0) is 24.1 Å². The first-order valence-electron chi connectivity index (χ1n) is 7.10. The van der Waals surface area contributed by atoms with Crippen LogP contribution in [0.4, 0.5) is 4.79 Å². The van der Waals surface area contributed by atoms with E-state index in [1.165, 1.54) is 0 Å². The van der Waals surface area contributed by atoms with Crippen LogP contribution in [0, 0.1) is 18.8 Å². The lowest BCUT2D eigenvalue weighted by Crippen LogP contribution is -2.24. The van der Waals surface area contributed by atoms with E-state index in [-0.39, 0.29) is 6.61 Å². The van der Waals surface area contributed by atoms with E-state index in [1.807, 2.05) is 43.3 Å². The number of rotatable bonds is 4. The maximum atomic E-state index is 11.5. The number of aromatic nitrogens is 1. The molecular weight excluding hydrogens is 276 g/mol. The van der Waals surface area contributed by atoms with E-state index in [4.69, 9.17) is 4.74 Å². The number of benzene rings is 1. The predicted molar refractivity (Wildman–Crippen MR) is 85.1 cm³/mol. The van der Waals surface area contributed by atoms with Crippen LogP contribution < -0.4 is 5.32 Å². The maximum Gasteiger partial charge on any atom is 0.407 e. The summed E-state index contributed by atoms with van der Waals surface area (Å²) >= 11 is 0. The molecule has 0 fully saturated rings. The van der Waals surface area contributed by atoms with Gasteiger partial charge in [-0.1, -0.05) is 42.2 Å². The fraction of sp³-hybridized carbons (Fsp3) is 0.222. The largest absolute Gasteiger partial charge is 0.445 e.